The van der Waals surface area contributed by atoms with Crippen LogP contribution >= 0.6 is 0 Å². The lowest BCUT2D eigenvalue weighted by molar-refractivity contribution is -0.125. The Morgan fingerprint density at radius 1 is 1.08 bits per heavy atom. The zero-order valence-electron chi connectivity index (χ0n) is 15.4. The molecule has 0 unspecified atom stereocenters. The van der Waals surface area contributed by atoms with E-state index in [1.54, 1.807) is 6.92 Å². The second-order valence-electron chi connectivity index (χ2n) is 6.64. The third-order valence-corrected chi connectivity index (χ3v) is 4.46. The molecule has 1 saturated carbocycles. The predicted octanol–water partition coefficient (Wildman–Crippen LogP) is -0.392. The van der Waals surface area contributed by atoms with Crippen LogP contribution in [0.4, 0.5) is 4.79 Å². The van der Waals surface area contributed by atoms with Crippen molar-refractivity contribution >= 4 is 17.9 Å². The first-order chi connectivity index (χ1) is 12.6. The first kappa shape index (κ1) is 20.4. The molecule has 1 aliphatic carbocycles. The van der Waals surface area contributed by atoms with Crippen LogP contribution in [0.5, 0.6) is 0 Å². The highest BCUT2D eigenvalue weighted by molar-refractivity contribution is 5.79. The molecule has 0 atom stereocenters. The molecule has 1 saturated heterocycles. The molecule has 0 spiro atoms. The monoisotopic (exact) mass is 370 g/mol. The van der Waals surface area contributed by atoms with E-state index in [1.807, 2.05) is 0 Å². The van der Waals surface area contributed by atoms with E-state index in [4.69, 9.17) is 9.47 Å². The van der Waals surface area contributed by atoms with Crippen LogP contribution in [0, 0.1) is 0 Å². The highest BCUT2D eigenvalue weighted by atomic mass is 16.5. The van der Waals surface area contributed by atoms with Gasteiger partial charge in [-0.15, -0.1) is 0 Å². The number of hydrogen-bond donors (Lipinski definition) is 3. The van der Waals surface area contributed by atoms with E-state index < -0.39 is 6.09 Å². The van der Waals surface area contributed by atoms with Crippen LogP contribution in [0.15, 0.2) is 0 Å². The van der Waals surface area contributed by atoms with E-state index in [9.17, 15) is 14.4 Å². The van der Waals surface area contributed by atoms with E-state index in [2.05, 4.69) is 20.9 Å². The van der Waals surface area contributed by atoms with Crippen LogP contribution < -0.4 is 16.0 Å². The van der Waals surface area contributed by atoms with Gasteiger partial charge in [0.1, 0.15) is 0 Å². The number of rotatable bonds is 9. The van der Waals surface area contributed by atoms with Gasteiger partial charge in [0.15, 0.2) is 0 Å². The molecule has 9 heteroatoms. The van der Waals surface area contributed by atoms with Gasteiger partial charge >= 0.3 is 6.09 Å². The van der Waals surface area contributed by atoms with Crippen LogP contribution in [-0.2, 0) is 19.1 Å². The van der Waals surface area contributed by atoms with Crippen LogP contribution in [0.2, 0.25) is 0 Å². The second kappa shape index (κ2) is 11.0. The van der Waals surface area contributed by atoms with Crippen molar-refractivity contribution in [3.05, 3.63) is 0 Å². The molecular weight excluding hydrogens is 340 g/mol. The standard InChI is InChI=1S/C17H30N4O5/c1-2-26-17(24)18-5-3-4-15(22)19-13-10-14(11-13)20-16(23)12-21-6-8-25-9-7-21/h13-14H,2-12H2,1H3,(H,18,24)(H,19,22)(H,20,23). The van der Waals surface area contributed by atoms with Gasteiger partial charge in [-0.25, -0.2) is 4.79 Å². The third kappa shape index (κ3) is 7.57. The molecule has 3 N–H and O–H groups in total. The summed E-state index contributed by atoms with van der Waals surface area (Å²) in [6.45, 7) is 5.84. The average molecular weight is 370 g/mol. The first-order valence-corrected chi connectivity index (χ1v) is 9.36. The van der Waals surface area contributed by atoms with Gasteiger partial charge in [0, 0.05) is 38.1 Å². The van der Waals surface area contributed by atoms with E-state index in [0.29, 0.717) is 45.8 Å². The topological polar surface area (TPSA) is 109 Å². The summed E-state index contributed by atoms with van der Waals surface area (Å²) in [6, 6.07) is 0.258. The summed E-state index contributed by atoms with van der Waals surface area (Å²) >= 11 is 0. The zero-order valence-corrected chi connectivity index (χ0v) is 15.4. The Labute approximate surface area is 154 Å². The molecule has 0 bridgehead atoms. The van der Waals surface area contributed by atoms with E-state index in [1.165, 1.54) is 0 Å². The second-order valence-corrected chi connectivity index (χ2v) is 6.64. The van der Waals surface area contributed by atoms with E-state index >= 15 is 0 Å². The van der Waals surface area contributed by atoms with Gasteiger partial charge in [0.25, 0.3) is 0 Å². The van der Waals surface area contributed by atoms with Crippen LogP contribution in [0.1, 0.15) is 32.6 Å². The molecular formula is C17H30N4O5. The van der Waals surface area contributed by atoms with E-state index in [-0.39, 0.29) is 23.9 Å². The number of nitrogens with one attached hydrogen (secondary N) is 3. The molecule has 2 rings (SSSR count). The van der Waals surface area contributed by atoms with Crippen molar-refractivity contribution < 1.29 is 23.9 Å². The Morgan fingerprint density at radius 3 is 2.38 bits per heavy atom. The van der Waals surface area contributed by atoms with E-state index in [0.717, 1.165) is 25.9 Å². The number of hydrogen-bond acceptors (Lipinski definition) is 6. The van der Waals surface area contributed by atoms with Gasteiger partial charge < -0.3 is 25.4 Å². The zero-order chi connectivity index (χ0) is 18.8. The Bertz CT molecular complexity index is 476. The lowest BCUT2D eigenvalue weighted by Gasteiger charge is -2.37. The number of nitrogens with zero attached hydrogens (tertiary/aromatic N) is 1. The van der Waals surface area contributed by atoms with Gasteiger partial charge in [-0.2, -0.15) is 0 Å². The van der Waals surface area contributed by atoms with Crippen molar-refractivity contribution in [2.75, 3.05) is 46.0 Å². The lowest BCUT2D eigenvalue weighted by Crippen LogP contribution is -2.55. The molecule has 0 aromatic carbocycles. The van der Waals surface area contributed by atoms with Gasteiger partial charge in [-0.05, 0) is 26.2 Å². The summed E-state index contributed by atoms with van der Waals surface area (Å²) in [5, 5.41) is 8.54. The quantitative estimate of drug-likeness (QED) is 0.477. The minimum absolute atomic E-state index is 0.0289. The molecule has 148 valence electrons. The Balaban J connectivity index is 1.48. The molecule has 0 aromatic heterocycles. The highest BCUT2D eigenvalue weighted by Gasteiger charge is 2.31. The number of alkyl carbamates (subject to hydrolysis) is 1. The van der Waals surface area contributed by atoms with Gasteiger partial charge in [0.05, 0.1) is 26.4 Å². The van der Waals surface area contributed by atoms with Crippen LogP contribution in [0.3, 0.4) is 0 Å². The summed E-state index contributed by atoms with van der Waals surface area (Å²) in [7, 11) is 0. The molecule has 1 heterocycles. The fourth-order valence-corrected chi connectivity index (χ4v) is 3.01. The van der Waals surface area contributed by atoms with Gasteiger partial charge in [-0.1, -0.05) is 0 Å². The van der Waals surface area contributed by atoms with Gasteiger partial charge in [0.2, 0.25) is 11.8 Å². The maximum absolute atomic E-state index is 12.0. The SMILES string of the molecule is CCOC(=O)NCCCC(=O)NC1CC(NC(=O)CN2CCOCC2)C1. The Hall–Kier alpha value is -1.87. The number of ether oxygens (including phenoxy) is 2. The van der Waals surface area contributed by atoms with Crippen LogP contribution in [-0.4, -0.2) is 80.9 Å². The minimum Gasteiger partial charge on any atom is -0.450 e. The number of amides is 3. The van der Waals surface area contributed by atoms with Crippen molar-refractivity contribution in [2.24, 2.45) is 0 Å². The smallest absolute Gasteiger partial charge is 0.407 e. The predicted molar refractivity (Wildman–Crippen MR) is 94.6 cm³/mol. The largest absolute Gasteiger partial charge is 0.450 e. The molecule has 1 aliphatic heterocycles. The molecule has 0 radical (unpaired) electrons. The Morgan fingerprint density at radius 2 is 1.73 bits per heavy atom. The summed E-state index contributed by atoms with van der Waals surface area (Å²) in [4.78, 5) is 37.0. The average Bonchev–Trinajstić information content (AvgIpc) is 2.58. The van der Waals surface area contributed by atoms with Crippen LogP contribution in [0.25, 0.3) is 0 Å². The minimum atomic E-state index is -0.456. The van der Waals surface area contributed by atoms with Crippen molar-refractivity contribution in [1.29, 1.82) is 0 Å². The summed E-state index contributed by atoms with van der Waals surface area (Å²) in [5.41, 5.74) is 0. The van der Waals surface area contributed by atoms with Crippen molar-refractivity contribution in [3.63, 3.8) is 0 Å². The number of carbonyl (C=O) groups excluding carboxylic acids is 3. The molecule has 3 amide bonds. The molecule has 9 nitrogen and oxygen atoms in total. The normalized spacial score (nSPS) is 22.8. The number of carbonyl (C=O) groups is 3. The number of morpholine rings is 1. The molecule has 26 heavy (non-hydrogen) atoms. The van der Waals surface area contributed by atoms with Crippen molar-refractivity contribution in [3.8, 4) is 0 Å². The maximum atomic E-state index is 12.0. The molecule has 2 aliphatic rings. The van der Waals surface area contributed by atoms with Crippen molar-refractivity contribution in [2.45, 2.75) is 44.7 Å². The Kier molecular flexibility index (Phi) is 8.63. The molecule has 2 fully saturated rings. The summed E-state index contributed by atoms with van der Waals surface area (Å²) in [6.07, 6.45) is 2.00. The maximum Gasteiger partial charge on any atom is 0.407 e. The fourth-order valence-electron chi connectivity index (χ4n) is 3.01. The lowest BCUT2D eigenvalue weighted by atomic mass is 9.86. The third-order valence-electron chi connectivity index (χ3n) is 4.46. The summed E-state index contributed by atoms with van der Waals surface area (Å²) in [5.74, 6) is 0.00506. The molecule has 0 aromatic rings. The van der Waals surface area contributed by atoms with Gasteiger partial charge in [-0.3, -0.25) is 14.5 Å². The highest BCUT2D eigenvalue weighted by Crippen LogP contribution is 2.20. The first-order valence-electron chi connectivity index (χ1n) is 9.36. The summed E-state index contributed by atoms with van der Waals surface area (Å²) < 4.78 is 10.0. The van der Waals surface area contributed by atoms with Crippen molar-refractivity contribution in [1.82, 2.24) is 20.9 Å². The fraction of sp³-hybridized carbons (Fsp3) is 0.824.